The van der Waals surface area contributed by atoms with Crippen LogP contribution in [-0.4, -0.2) is 24.0 Å². The Morgan fingerprint density at radius 3 is 2.15 bits per heavy atom. The quantitative estimate of drug-likeness (QED) is 0.591. The Kier molecular flexibility index (Phi) is 2.52. The maximum absolute atomic E-state index is 12.5. The van der Waals surface area contributed by atoms with Gasteiger partial charge in [0.1, 0.15) is 0 Å². The number of rotatable bonds is 1. The molecule has 2 saturated heterocycles. The summed E-state index contributed by atoms with van der Waals surface area (Å²) in [5, 5.41) is 0.753. The molecule has 20 heavy (non-hydrogen) atoms. The van der Waals surface area contributed by atoms with Crippen LogP contribution in [0.3, 0.4) is 0 Å². The number of amides is 2. The minimum atomic E-state index is -0.427. The number of benzene rings is 1. The topological polar surface area (TPSA) is 46.6 Å². The Hall–Kier alpha value is -1.36. The molecule has 3 aliphatic heterocycles. The lowest BCUT2D eigenvalue weighted by Crippen LogP contribution is -2.34. The molecule has 1 aromatic rings. The standard InChI is InChI=1S/C14H9Cl2NO3/c15-6-1-2-8(7(16)5-6)17-13(18)11-9-3-4-10(20-9)12(11)14(17)19/h1-5,9-12H/t9-,10-,11-,12+/m1/s1. The molecule has 0 saturated carbocycles. The maximum atomic E-state index is 12.5. The van der Waals surface area contributed by atoms with Gasteiger partial charge in [-0.15, -0.1) is 0 Å². The molecule has 2 fully saturated rings. The number of ether oxygens (including phenoxy) is 1. The smallest absolute Gasteiger partial charge is 0.240 e. The van der Waals surface area contributed by atoms with Crippen molar-refractivity contribution in [2.45, 2.75) is 12.2 Å². The summed E-state index contributed by atoms with van der Waals surface area (Å²) in [7, 11) is 0. The molecule has 6 heteroatoms. The highest BCUT2D eigenvalue weighted by Crippen LogP contribution is 2.47. The third kappa shape index (κ3) is 1.47. The Morgan fingerprint density at radius 2 is 1.60 bits per heavy atom. The van der Waals surface area contributed by atoms with Gasteiger partial charge in [0.15, 0.2) is 0 Å². The minimum Gasteiger partial charge on any atom is -0.365 e. The molecule has 1 aromatic carbocycles. The predicted molar refractivity (Wildman–Crippen MR) is 73.7 cm³/mol. The Labute approximate surface area is 124 Å². The first-order valence-corrected chi connectivity index (χ1v) is 7.00. The third-order valence-electron chi connectivity index (χ3n) is 4.06. The third-order valence-corrected chi connectivity index (χ3v) is 4.60. The van der Waals surface area contributed by atoms with E-state index in [-0.39, 0.29) is 24.0 Å². The summed E-state index contributed by atoms with van der Waals surface area (Å²) >= 11 is 12.0. The molecule has 2 amide bonds. The van der Waals surface area contributed by atoms with E-state index < -0.39 is 11.8 Å². The van der Waals surface area contributed by atoms with Crippen molar-refractivity contribution in [2.24, 2.45) is 11.8 Å². The van der Waals surface area contributed by atoms with Crippen molar-refractivity contribution in [1.29, 1.82) is 0 Å². The van der Waals surface area contributed by atoms with E-state index >= 15 is 0 Å². The number of carbonyl (C=O) groups is 2. The molecule has 0 aliphatic carbocycles. The fourth-order valence-electron chi connectivity index (χ4n) is 3.20. The summed E-state index contributed by atoms with van der Waals surface area (Å²) in [6.07, 6.45) is 3.11. The highest BCUT2D eigenvalue weighted by molar-refractivity contribution is 6.38. The van der Waals surface area contributed by atoms with Gasteiger partial charge in [-0.3, -0.25) is 9.59 Å². The van der Waals surface area contributed by atoms with E-state index in [2.05, 4.69) is 0 Å². The van der Waals surface area contributed by atoms with Crippen LogP contribution in [0.25, 0.3) is 0 Å². The second-order valence-corrected chi connectivity index (χ2v) is 5.95. The van der Waals surface area contributed by atoms with Crippen LogP contribution in [0.5, 0.6) is 0 Å². The SMILES string of the molecule is O=C1[C@@H]2[C@H](C(=O)N1c1ccc(Cl)cc1Cl)[C@H]1C=C[C@H]2O1. The molecule has 3 aliphatic rings. The van der Waals surface area contributed by atoms with E-state index in [1.807, 2.05) is 12.2 Å². The van der Waals surface area contributed by atoms with Gasteiger partial charge >= 0.3 is 0 Å². The lowest BCUT2D eigenvalue weighted by atomic mass is 9.85. The van der Waals surface area contributed by atoms with Gasteiger partial charge in [-0.2, -0.15) is 0 Å². The van der Waals surface area contributed by atoms with Crippen LogP contribution in [0.2, 0.25) is 10.0 Å². The molecule has 0 spiro atoms. The van der Waals surface area contributed by atoms with Gasteiger partial charge in [0, 0.05) is 5.02 Å². The second kappa shape index (κ2) is 4.07. The number of hydrogen-bond acceptors (Lipinski definition) is 3. The summed E-state index contributed by atoms with van der Waals surface area (Å²) in [4.78, 5) is 26.2. The Morgan fingerprint density at radius 1 is 1.00 bits per heavy atom. The highest BCUT2D eigenvalue weighted by Gasteiger charge is 2.61. The van der Waals surface area contributed by atoms with Crippen LogP contribution in [0.15, 0.2) is 30.4 Å². The van der Waals surface area contributed by atoms with E-state index in [1.165, 1.54) is 11.0 Å². The zero-order chi connectivity index (χ0) is 14.0. The van der Waals surface area contributed by atoms with Crippen LogP contribution in [0.4, 0.5) is 5.69 Å². The molecule has 2 bridgehead atoms. The fraction of sp³-hybridized carbons (Fsp3) is 0.286. The van der Waals surface area contributed by atoms with Gasteiger partial charge < -0.3 is 4.74 Å². The van der Waals surface area contributed by atoms with Crippen molar-refractivity contribution < 1.29 is 14.3 Å². The van der Waals surface area contributed by atoms with Crippen molar-refractivity contribution in [2.75, 3.05) is 4.90 Å². The minimum absolute atomic E-state index is 0.249. The number of anilines is 1. The molecule has 0 N–H and O–H groups in total. The number of imide groups is 1. The zero-order valence-electron chi connectivity index (χ0n) is 10.1. The normalized spacial score (nSPS) is 34.2. The lowest BCUT2D eigenvalue weighted by Gasteiger charge is -2.18. The number of hydrogen-bond donors (Lipinski definition) is 0. The van der Waals surface area contributed by atoms with Gasteiger partial charge in [-0.05, 0) is 18.2 Å². The van der Waals surface area contributed by atoms with Crippen LogP contribution in [0, 0.1) is 11.8 Å². The Bertz CT molecular complexity index is 642. The predicted octanol–water partition coefficient (Wildman–Crippen LogP) is 2.44. The van der Waals surface area contributed by atoms with Crippen molar-refractivity contribution in [3.05, 3.63) is 40.4 Å². The number of carbonyl (C=O) groups excluding carboxylic acids is 2. The molecule has 4 nitrogen and oxygen atoms in total. The number of halogens is 2. The molecule has 0 aromatic heterocycles. The summed E-state index contributed by atoms with van der Waals surface area (Å²) in [6, 6.07) is 4.73. The zero-order valence-corrected chi connectivity index (χ0v) is 11.6. The van der Waals surface area contributed by atoms with Gasteiger partial charge in [0.25, 0.3) is 0 Å². The van der Waals surface area contributed by atoms with E-state index in [4.69, 9.17) is 27.9 Å². The molecule has 0 radical (unpaired) electrons. The molecular weight excluding hydrogens is 301 g/mol. The first-order valence-electron chi connectivity index (χ1n) is 6.24. The molecule has 0 unspecified atom stereocenters. The monoisotopic (exact) mass is 309 g/mol. The summed E-state index contributed by atoms with van der Waals surface area (Å²) in [6.45, 7) is 0. The molecule has 4 atom stereocenters. The second-order valence-electron chi connectivity index (χ2n) is 5.11. The fourth-order valence-corrected chi connectivity index (χ4v) is 3.70. The van der Waals surface area contributed by atoms with Crippen LogP contribution in [0.1, 0.15) is 0 Å². The lowest BCUT2D eigenvalue weighted by molar-refractivity contribution is -0.124. The van der Waals surface area contributed by atoms with Crippen LogP contribution >= 0.6 is 23.2 Å². The summed E-state index contributed by atoms with van der Waals surface area (Å²) < 4.78 is 5.58. The van der Waals surface area contributed by atoms with Gasteiger partial charge in [0.2, 0.25) is 11.8 Å². The van der Waals surface area contributed by atoms with Crippen molar-refractivity contribution in [3.8, 4) is 0 Å². The summed E-state index contributed by atoms with van der Waals surface area (Å²) in [5.74, 6) is -1.35. The molecular formula is C14H9Cl2NO3. The van der Waals surface area contributed by atoms with Crippen LogP contribution in [-0.2, 0) is 14.3 Å². The number of fused-ring (bicyclic) bond motifs is 5. The van der Waals surface area contributed by atoms with Crippen molar-refractivity contribution in [1.82, 2.24) is 0 Å². The van der Waals surface area contributed by atoms with Gasteiger partial charge in [0.05, 0.1) is 34.8 Å². The molecule has 3 heterocycles. The van der Waals surface area contributed by atoms with Gasteiger partial charge in [-0.25, -0.2) is 4.90 Å². The van der Waals surface area contributed by atoms with Crippen molar-refractivity contribution >= 4 is 40.7 Å². The van der Waals surface area contributed by atoms with Crippen molar-refractivity contribution in [3.63, 3.8) is 0 Å². The molecule has 102 valence electrons. The van der Waals surface area contributed by atoms with Gasteiger partial charge in [-0.1, -0.05) is 35.4 Å². The Balaban J connectivity index is 1.78. The first kappa shape index (κ1) is 12.4. The summed E-state index contributed by atoms with van der Waals surface area (Å²) in [5.41, 5.74) is 0.389. The first-order chi connectivity index (χ1) is 9.58. The average molecular weight is 310 g/mol. The van der Waals surface area contributed by atoms with E-state index in [0.29, 0.717) is 15.7 Å². The number of nitrogens with zero attached hydrogens (tertiary/aromatic N) is 1. The van der Waals surface area contributed by atoms with Crippen LogP contribution < -0.4 is 4.90 Å². The highest BCUT2D eigenvalue weighted by atomic mass is 35.5. The van der Waals surface area contributed by atoms with E-state index in [0.717, 1.165) is 0 Å². The maximum Gasteiger partial charge on any atom is 0.240 e. The molecule has 4 rings (SSSR count). The largest absolute Gasteiger partial charge is 0.365 e. The van der Waals surface area contributed by atoms with E-state index in [9.17, 15) is 9.59 Å². The average Bonchev–Trinajstić information content (AvgIpc) is 3.06. The van der Waals surface area contributed by atoms with E-state index in [1.54, 1.807) is 12.1 Å².